The molecule has 26 heavy (non-hydrogen) atoms. The number of aromatic nitrogens is 3. The summed E-state index contributed by atoms with van der Waals surface area (Å²) in [6, 6.07) is 9.00. The van der Waals surface area contributed by atoms with Gasteiger partial charge < -0.3 is 9.47 Å². The molecule has 0 aliphatic rings. The number of para-hydroxylation sites is 1. The van der Waals surface area contributed by atoms with Crippen molar-refractivity contribution < 1.29 is 14.3 Å². The Bertz CT molecular complexity index is 994. The van der Waals surface area contributed by atoms with E-state index >= 15 is 0 Å². The second kappa shape index (κ2) is 7.65. The number of hydrogen-bond acceptors (Lipinski definition) is 7. The van der Waals surface area contributed by atoms with Crippen molar-refractivity contribution in [2.75, 3.05) is 6.61 Å². The Morgan fingerprint density at radius 1 is 1.31 bits per heavy atom. The number of carbonyl (C=O) groups is 1. The molecule has 0 N–H and O–H groups in total. The first-order valence-electron chi connectivity index (χ1n) is 8.18. The van der Waals surface area contributed by atoms with Crippen LogP contribution in [0.25, 0.3) is 4.96 Å². The van der Waals surface area contributed by atoms with E-state index in [1.807, 2.05) is 24.3 Å². The van der Waals surface area contributed by atoms with E-state index in [2.05, 4.69) is 23.9 Å². The third-order valence-corrected chi connectivity index (χ3v) is 4.54. The van der Waals surface area contributed by atoms with Crippen LogP contribution in [0.5, 0.6) is 5.75 Å². The Balaban J connectivity index is 1.60. The highest BCUT2D eigenvalue weighted by Crippen LogP contribution is 2.25. The lowest BCUT2D eigenvalue weighted by Crippen LogP contribution is -2.16. The topological polar surface area (TPSA) is 82.8 Å². The molecule has 3 rings (SSSR count). The van der Waals surface area contributed by atoms with E-state index in [1.165, 1.54) is 21.9 Å². The van der Waals surface area contributed by atoms with Crippen LogP contribution in [0, 0.1) is 6.92 Å². The van der Waals surface area contributed by atoms with Gasteiger partial charge in [-0.15, -0.1) is 0 Å². The average molecular weight is 373 g/mol. The van der Waals surface area contributed by atoms with Gasteiger partial charge in [0, 0.05) is 11.8 Å². The van der Waals surface area contributed by atoms with Gasteiger partial charge in [0.1, 0.15) is 12.4 Å². The zero-order valence-electron chi connectivity index (χ0n) is 14.8. The van der Waals surface area contributed by atoms with Gasteiger partial charge in [-0.2, -0.15) is 9.61 Å². The van der Waals surface area contributed by atoms with Crippen molar-refractivity contribution in [1.82, 2.24) is 14.6 Å². The normalized spacial score (nSPS) is 11.1. The maximum absolute atomic E-state index is 12.0. The summed E-state index contributed by atoms with van der Waals surface area (Å²) < 4.78 is 12.0. The van der Waals surface area contributed by atoms with Crippen LogP contribution >= 0.6 is 11.3 Å². The van der Waals surface area contributed by atoms with Crippen molar-refractivity contribution in [3.8, 4) is 5.75 Å². The highest BCUT2D eigenvalue weighted by molar-refractivity contribution is 7.16. The van der Waals surface area contributed by atoms with Crippen molar-refractivity contribution in [3.05, 3.63) is 57.0 Å². The molecule has 7 nitrogen and oxygen atoms in total. The number of rotatable bonds is 6. The Morgan fingerprint density at radius 2 is 2.08 bits per heavy atom. The number of carbonyl (C=O) groups excluding carboxylic acids is 1. The third kappa shape index (κ3) is 4.08. The molecule has 2 heterocycles. The van der Waals surface area contributed by atoms with Gasteiger partial charge in [-0.1, -0.05) is 43.4 Å². The zero-order valence-corrected chi connectivity index (χ0v) is 15.6. The zero-order chi connectivity index (χ0) is 18.7. The number of benzene rings is 1. The van der Waals surface area contributed by atoms with Crippen molar-refractivity contribution in [3.63, 3.8) is 0 Å². The number of nitrogens with zero attached hydrogens (tertiary/aromatic N) is 3. The molecule has 8 heteroatoms. The highest BCUT2D eigenvalue weighted by Gasteiger charge is 2.12. The molecule has 0 amide bonds. The monoisotopic (exact) mass is 373 g/mol. The van der Waals surface area contributed by atoms with Gasteiger partial charge in [0.25, 0.3) is 5.56 Å². The average Bonchev–Trinajstić information content (AvgIpc) is 3.01. The van der Waals surface area contributed by atoms with Gasteiger partial charge in [0.2, 0.25) is 4.96 Å². The van der Waals surface area contributed by atoms with Crippen LogP contribution in [0.2, 0.25) is 0 Å². The van der Waals surface area contributed by atoms with Gasteiger partial charge in [0.05, 0.1) is 0 Å². The van der Waals surface area contributed by atoms with Crippen LogP contribution in [-0.4, -0.2) is 27.2 Å². The van der Waals surface area contributed by atoms with E-state index in [4.69, 9.17) is 9.47 Å². The quantitative estimate of drug-likeness (QED) is 0.618. The summed E-state index contributed by atoms with van der Waals surface area (Å²) in [5.74, 6) is 0.462. The van der Waals surface area contributed by atoms with E-state index in [0.29, 0.717) is 27.3 Å². The predicted octanol–water partition coefficient (Wildman–Crippen LogP) is 2.71. The first-order valence-corrected chi connectivity index (χ1v) is 8.99. The largest absolute Gasteiger partial charge is 0.482 e. The molecule has 0 unspecified atom stereocenters. The maximum Gasteiger partial charge on any atom is 0.344 e. The fraction of sp³-hybridized carbons (Fsp3) is 0.333. The van der Waals surface area contributed by atoms with Crippen LogP contribution in [0.3, 0.4) is 0 Å². The Morgan fingerprint density at radius 3 is 2.85 bits per heavy atom. The fourth-order valence-electron chi connectivity index (χ4n) is 2.43. The molecule has 136 valence electrons. The van der Waals surface area contributed by atoms with E-state index in [0.717, 1.165) is 5.56 Å². The summed E-state index contributed by atoms with van der Waals surface area (Å²) in [5, 5.41) is 4.62. The molecule has 0 fully saturated rings. The molecule has 0 radical (unpaired) electrons. The van der Waals surface area contributed by atoms with Crippen LogP contribution < -0.4 is 10.3 Å². The molecule has 3 aromatic rings. The molecular weight excluding hydrogens is 354 g/mol. The number of hydrogen-bond donors (Lipinski definition) is 0. The van der Waals surface area contributed by atoms with Gasteiger partial charge in [-0.25, -0.2) is 9.78 Å². The molecule has 0 saturated heterocycles. The number of ether oxygens (including phenoxy) is 2. The van der Waals surface area contributed by atoms with Crippen LogP contribution in [0.4, 0.5) is 0 Å². The molecule has 0 spiro atoms. The van der Waals surface area contributed by atoms with Crippen LogP contribution in [-0.2, 0) is 16.1 Å². The lowest BCUT2D eigenvalue weighted by Gasteiger charge is -2.13. The standard InChI is InChI=1S/C18H19N3O4S/c1-11(2)13-6-4-5-7-14(13)24-10-17(23)25-9-15-20-21-16(22)8-12(3)19-18(21)26-15/h4-8,11H,9-10H2,1-3H3. The summed E-state index contributed by atoms with van der Waals surface area (Å²) in [5.41, 5.74) is 1.40. The Kier molecular flexibility index (Phi) is 5.32. The number of fused-ring (bicyclic) bond motifs is 1. The molecular formula is C18H19N3O4S. The van der Waals surface area contributed by atoms with Gasteiger partial charge in [-0.3, -0.25) is 4.79 Å². The SMILES string of the molecule is Cc1cc(=O)n2nc(COC(=O)COc3ccccc3C(C)C)sc2n1. The molecule has 0 atom stereocenters. The lowest BCUT2D eigenvalue weighted by molar-refractivity contribution is -0.147. The van der Waals surface area contributed by atoms with Crippen molar-refractivity contribution in [1.29, 1.82) is 0 Å². The summed E-state index contributed by atoms with van der Waals surface area (Å²) >= 11 is 1.21. The van der Waals surface area contributed by atoms with Crippen molar-refractivity contribution in [2.24, 2.45) is 0 Å². The minimum absolute atomic E-state index is 0.0272. The second-order valence-electron chi connectivity index (χ2n) is 6.07. The molecule has 1 aromatic carbocycles. The molecule has 0 aliphatic heterocycles. The molecule has 0 saturated carbocycles. The molecule has 0 aliphatic carbocycles. The minimum Gasteiger partial charge on any atom is -0.482 e. The minimum atomic E-state index is -0.501. The summed E-state index contributed by atoms with van der Waals surface area (Å²) in [6.07, 6.45) is 0. The van der Waals surface area contributed by atoms with Crippen LogP contribution in [0.15, 0.2) is 35.1 Å². The Hall–Kier alpha value is -2.74. The molecule has 0 bridgehead atoms. The number of aryl methyl sites for hydroxylation is 1. The van der Waals surface area contributed by atoms with Crippen LogP contribution in [0.1, 0.15) is 36.0 Å². The summed E-state index contributed by atoms with van der Waals surface area (Å²) in [7, 11) is 0. The van der Waals surface area contributed by atoms with E-state index in [1.54, 1.807) is 6.92 Å². The summed E-state index contributed by atoms with van der Waals surface area (Å²) in [6.45, 7) is 5.65. The van der Waals surface area contributed by atoms with Gasteiger partial charge >= 0.3 is 5.97 Å². The molecule has 2 aromatic heterocycles. The Labute approximate surface area is 154 Å². The van der Waals surface area contributed by atoms with Gasteiger partial charge in [0.15, 0.2) is 11.6 Å². The lowest BCUT2D eigenvalue weighted by atomic mass is 10.0. The van der Waals surface area contributed by atoms with E-state index in [9.17, 15) is 9.59 Å². The van der Waals surface area contributed by atoms with E-state index < -0.39 is 5.97 Å². The van der Waals surface area contributed by atoms with E-state index in [-0.39, 0.29) is 18.8 Å². The fourth-order valence-corrected chi connectivity index (χ4v) is 3.29. The number of esters is 1. The van der Waals surface area contributed by atoms with Crippen molar-refractivity contribution in [2.45, 2.75) is 33.3 Å². The van der Waals surface area contributed by atoms with Gasteiger partial charge in [-0.05, 0) is 24.5 Å². The first-order chi connectivity index (χ1) is 12.4. The predicted molar refractivity (Wildman–Crippen MR) is 97.7 cm³/mol. The third-order valence-electron chi connectivity index (χ3n) is 3.66. The highest BCUT2D eigenvalue weighted by atomic mass is 32.1. The first kappa shape index (κ1) is 18.1. The second-order valence-corrected chi connectivity index (χ2v) is 7.11. The van der Waals surface area contributed by atoms with Crippen molar-refractivity contribution >= 4 is 22.3 Å². The summed E-state index contributed by atoms with van der Waals surface area (Å²) in [4.78, 5) is 28.5. The maximum atomic E-state index is 12.0. The smallest absolute Gasteiger partial charge is 0.344 e.